The molecule has 1 aliphatic heterocycles. The standard InChI is InChI=1S/C32H42N2O2/c1-32(2,3)26-12-10-25(11-13-26)31(35)33-27-14-8-23(9-15-27)16-19-34-20-17-24(18-21-34)29-22-36-30-7-5-4-6-28(29)30/h4-7,10-13,22-24,27H,8-9,14-21H2,1-3H3,(H,33,35). The summed E-state index contributed by atoms with van der Waals surface area (Å²) >= 11 is 0. The van der Waals surface area contributed by atoms with Gasteiger partial charge in [0.2, 0.25) is 0 Å². The van der Waals surface area contributed by atoms with Crippen molar-refractivity contribution in [3.63, 3.8) is 0 Å². The molecule has 1 aliphatic carbocycles. The normalized spacial score (nSPS) is 22.1. The lowest BCUT2D eigenvalue weighted by Crippen LogP contribution is -2.38. The van der Waals surface area contributed by atoms with Gasteiger partial charge in [-0.2, -0.15) is 0 Å². The molecule has 0 unspecified atom stereocenters. The van der Waals surface area contributed by atoms with E-state index in [2.05, 4.69) is 61.3 Å². The Balaban J connectivity index is 1.02. The van der Waals surface area contributed by atoms with E-state index >= 15 is 0 Å². The first-order valence-electron chi connectivity index (χ1n) is 14.0. The number of carbonyl (C=O) groups is 1. The van der Waals surface area contributed by atoms with Gasteiger partial charge < -0.3 is 14.6 Å². The molecule has 5 rings (SSSR count). The second-order valence-corrected chi connectivity index (χ2v) is 12.1. The van der Waals surface area contributed by atoms with Crippen molar-refractivity contribution in [3.05, 3.63) is 71.5 Å². The average molecular weight is 487 g/mol. The molecular formula is C32H42N2O2. The molecule has 36 heavy (non-hydrogen) atoms. The van der Waals surface area contributed by atoms with Crippen molar-refractivity contribution in [2.75, 3.05) is 19.6 Å². The smallest absolute Gasteiger partial charge is 0.251 e. The summed E-state index contributed by atoms with van der Waals surface area (Å²) in [5.41, 5.74) is 4.56. The average Bonchev–Trinajstić information content (AvgIpc) is 3.32. The fraction of sp³-hybridized carbons (Fsp3) is 0.531. The highest BCUT2D eigenvalue weighted by molar-refractivity contribution is 5.94. The SMILES string of the molecule is CC(C)(C)c1ccc(C(=O)NC2CCC(CCN3CCC(c4coc5ccccc45)CC3)CC2)cc1. The Morgan fingerprint density at radius 2 is 1.64 bits per heavy atom. The van der Waals surface area contributed by atoms with Gasteiger partial charge in [0.15, 0.2) is 0 Å². The zero-order chi connectivity index (χ0) is 25.1. The highest BCUT2D eigenvalue weighted by Crippen LogP contribution is 2.35. The summed E-state index contributed by atoms with van der Waals surface area (Å²) in [4.78, 5) is 15.4. The van der Waals surface area contributed by atoms with Crippen molar-refractivity contribution in [1.29, 1.82) is 0 Å². The third-order valence-corrected chi connectivity index (χ3v) is 8.59. The molecule has 2 heterocycles. The summed E-state index contributed by atoms with van der Waals surface area (Å²) in [5.74, 6) is 1.49. The molecule has 4 heteroatoms. The minimum atomic E-state index is 0.0761. The lowest BCUT2D eigenvalue weighted by atomic mass is 9.83. The Labute approximate surface area is 216 Å². The first kappa shape index (κ1) is 25.1. The molecule has 2 aliphatic rings. The van der Waals surface area contributed by atoms with Crippen LogP contribution in [0.1, 0.15) is 93.1 Å². The van der Waals surface area contributed by atoms with Gasteiger partial charge in [0, 0.05) is 22.6 Å². The third-order valence-electron chi connectivity index (χ3n) is 8.59. The van der Waals surface area contributed by atoms with Crippen molar-refractivity contribution in [3.8, 4) is 0 Å². The van der Waals surface area contributed by atoms with E-state index in [1.54, 1.807) is 0 Å². The maximum Gasteiger partial charge on any atom is 0.251 e. The lowest BCUT2D eigenvalue weighted by Gasteiger charge is -2.34. The zero-order valence-electron chi connectivity index (χ0n) is 22.3. The predicted octanol–water partition coefficient (Wildman–Crippen LogP) is 7.29. The predicted molar refractivity (Wildman–Crippen MR) is 148 cm³/mol. The van der Waals surface area contributed by atoms with Crippen LogP contribution in [0.5, 0.6) is 0 Å². The van der Waals surface area contributed by atoms with Crippen molar-refractivity contribution < 1.29 is 9.21 Å². The molecule has 0 spiro atoms. The molecule has 2 aromatic carbocycles. The number of benzene rings is 2. The van der Waals surface area contributed by atoms with E-state index < -0.39 is 0 Å². The minimum absolute atomic E-state index is 0.0761. The molecular weight excluding hydrogens is 444 g/mol. The molecule has 4 nitrogen and oxygen atoms in total. The number of carbonyl (C=O) groups excluding carboxylic acids is 1. The number of rotatable bonds is 6. The zero-order valence-corrected chi connectivity index (χ0v) is 22.3. The van der Waals surface area contributed by atoms with Crippen LogP contribution in [-0.4, -0.2) is 36.5 Å². The summed E-state index contributed by atoms with van der Waals surface area (Å²) in [5, 5.41) is 4.59. The molecule has 0 atom stereocenters. The lowest BCUT2D eigenvalue weighted by molar-refractivity contribution is 0.0919. The quantitative estimate of drug-likeness (QED) is 0.398. The largest absolute Gasteiger partial charge is 0.464 e. The highest BCUT2D eigenvalue weighted by atomic mass is 16.3. The van der Waals surface area contributed by atoms with Crippen LogP contribution in [0, 0.1) is 5.92 Å². The summed E-state index contributed by atoms with van der Waals surface area (Å²) in [6.45, 7) is 10.2. The van der Waals surface area contributed by atoms with E-state index in [0.717, 1.165) is 29.9 Å². The maximum absolute atomic E-state index is 12.7. The Kier molecular flexibility index (Phi) is 7.52. The van der Waals surface area contributed by atoms with E-state index in [-0.39, 0.29) is 11.3 Å². The van der Waals surface area contributed by atoms with Gasteiger partial charge in [0.25, 0.3) is 5.91 Å². The molecule has 0 radical (unpaired) electrons. The number of likely N-dealkylation sites (tertiary alicyclic amines) is 1. The minimum Gasteiger partial charge on any atom is -0.464 e. The first-order chi connectivity index (χ1) is 17.4. The second-order valence-electron chi connectivity index (χ2n) is 12.1. The number of nitrogens with zero attached hydrogens (tertiary/aromatic N) is 1. The van der Waals surface area contributed by atoms with Crippen LogP contribution < -0.4 is 5.32 Å². The van der Waals surface area contributed by atoms with Crippen LogP contribution in [0.4, 0.5) is 0 Å². The fourth-order valence-electron chi connectivity index (χ4n) is 6.13. The summed E-state index contributed by atoms with van der Waals surface area (Å²) < 4.78 is 5.79. The second kappa shape index (κ2) is 10.8. The molecule has 0 bridgehead atoms. The number of fused-ring (bicyclic) bond motifs is 1. The van der Waals surface area contributed by atoms with Gasteiger partial charge in [-0.1, -0.05) is 51.1 Å². The molecule has 1 amide bonds. The topological polar surface area (TPSA) is 45.5 Å². The van der Waals surface area contributed by atoms with Gasteiger partial charge >= 0.3 is 0 Å². The third kappa shape index (κ3) is 5.86. The number of hydrogen-bond donors (Lipinski definition) is 1. The van der Waals surface area contributed by atoms with Gasteiger partial charge in [0.05, 0.1) is 6.26 Å². The van der Waals surface area contributed by atoms with E-state index in [1.807, 2.05) is 24.5 Å². The van der Waals surface area contributed by atoms with E-state index in [4.69, 9.17) is 4.42 Å². The molecule has 192 valence electrons. The number of hydrogen-bond acceptors (Lipinski definition) is 3. The van der Waals surface area contributed by atoms with Gasteiger partial charge in [-0.25, -0.2) is 0 Å². The summed E-state index contributed by atoms with van der Waals surface area (Å²) in [6, 6.07) is 16.9. The first-order valence-corrected chi connectivity index (χ1v) is 14.0. The molecule has 2 fully saturated rings. The van der Waals surface area contributed by atoms with Crippen LogP contribution in [0.2, 0.25) is 0 Å². The Bertz CT molecular complexity index is 1140. The van der Waals surface area contributed by atoms with Crippen molar-refractivity contribution >= 4 is 16.9 Å². The molecule has 1 saturated heterocycles. The summed E-state index contributed by atoms with van der Waals surface area (Å²) in [6.07, 6.45) is 10.4. The maximum atomic E-state index is 12.7. The number of nitrogens with one attached hydrogen (secondary N) is 1. The van der Waals surface area contributed by atoms with Gasteiger partial charge in [0.1, 0.15) is 5.58 Å². The number of para-hydroxylation sites is 1. The van der Waals surface area contributed by atoms with Gasteiger partial charge in [-0.15, -0.1) is 0 Å². The Morgan fingerprint density at radius 1 is 0.944 bits per heavy atom. The van der Waals surface area contributed by atoms with Crippen molar-refractivity contribution in [2.24, 2.45) is 5.92 Å². The molecule has 3 aromatic rings. The van der Waals surface area contributed by atoms with Crippen LogP contribution in [0.25, 0.3) is 11.0 Å². The van der Waals surface area contributed by atoms with Gasteiger partial charge in [-0.3, -0.25) is 4.79 Å². The number of piperidine rings is 1. The summed E-state index contributed by atoms with van der Waals surface area (Å²) in [7, 11) is 0. The molecule has 1 N–H and O–H groups in total. The Hall–Kier alpha value is -2.59. The highest BCUT2D eigenvalue weighted by Gasteiger charge is 2.26. The van der Waals surface area contributed by atoms with Crippen molar-refractivity contribution in [2.45, 2.75) is 83.1 Å². The Morgan fingerprint density at radius 3 is 2.33 bits per heavy atom. The number of amides is 1. The van der Waals surface area contributed by atoms with E-state index in [0.29, 0.717) is 12.0 Å². The monoisotopic (exact) mass is 486 g/mol. The van der Waals surface area contributed by atoms with Crippen molar-refractivity contribution in [1.82, 2.24) is 10.2 Å². The number of furan rings is 1. The van der Waals surface area contributed by atoms with E-state index in [9.17, 15) is 4.79 Å². The van der Waals surface area contributed by atoms with Gasteiger partial charge in [-0.05, 0) is 106 Å². The molecule has 1 saturated carbocycles. The van der Waals surface area contributed by atoms with Crippen LogP contribution in [0.15, 0.2) is 59.2 Å². The van der Waals surface area contributed by atoms with Crippen LogP contribution in [-0.2, 0) is 5.41 Å². The molecule has 1 aromatic heterocycles. The van der Waals surface area contributed by atoms with Crippen LogP contribution >= 0.6 is 0 Å². The fourth-order valence-corrected chi connectivity index (χ4v) is 6.13. The van der Waals surface area contributed by atoms with E-state index in [1.165, 1.54) is 68.3 Å². The van der Waals surface area contributed by atoms with Crippen LogP contribution in [0.3, 0.4) is 0 Å².